The Hall–Kier alpha value is -2.74. The lowest BCUT2D eigenvalue weighted by atomic mass is 10.3. The molecule has 2 aromatic heterocycles. The molecule has 0 unspecified atom stereocenters. The summed E-state index contributed by atoms with van der Waals surface area (Å²) < 4.78 is 9.73. The molecule has 0 fully saturated rings. The molecule has 2 aromatic rings. The summed E-state index contributed by atoms with van der Waals surface area (Å²) in [7, 11) is 1.50. The highest BCUT2D eigenvalue weighted by Gasteiger charge is 2.13. The maximum atomic E-state index is 11.8. The summed E-state index contributed by atoms with van der Waals surface area (Å²) in [5.74, 6) is -1.19. The number of aromatic nitrogens is 2. The minimum absolute atomic E-state index is 0.0966. The molecule has 0 aromatic carbocycles. The summed E-state index contributed by atoms with van der Waals surface area (Å²) in [6.45, 7) is 0.217. The van der Waals surface area contributed by atoms with E-state index in [1.54, 1.807) is 0 Å². The first-order valence-electron chi connectivity index (χ1n) is 5.55. The number of carboxylic acid groups (broad SMARTS) is 1. The number of nitrogens with zero attached hydrogens (tertiary/aromatic N) is 2. The van der Waals surface area contributed by atoms with Gasteiger partial charge in [-0.05, 0) is 12.1 Å². The Kier molecular flexibility index (Phi) is 4.06. The summed E-state index contributed by atoms with van der Waals surface area (Å²) in [5.41, 5.74) is 0.350. The molecule has 0 aliphatic carbocycles. The lowest BCUT2D eigenvalue weighted by Gasteiger charge is -2.02. The molecule has 0 radical (unpaired) electrons. The standard InChI is InChI=1S/C12H11N3O5/c1-19-6-8-4-10(15-20-8)11(16)14-7-2-3-9(12(17)18)13-5-7/h2-5H,6H2,1H3,(H,14,16)(H,17,18). The number of methoxy groups -OCH3 is 1. The number of nitrogens with one attached hydrogen (secondary N) is 1. The Morgan fingerprint density at radius 2 is 2.20 bits per heavy atom. The van der Waals surface area contributed by atoms with Crippen LogP contribution in [0.25, 0.3) is 0 Å². The SMILES string of the molecule is COCc1cc(C(=O)Nc2ccc(C(=O)O)nc2)no1. The first-order chi connectivity index (χ1) is 9.60. The van der Waals surface area contributed by atoms with Crippen LogP contribution in [0.5, 0.6) is 0 Å². The molecule has 20 heavy (non-hydrogen) atoms. The fourth-order valence-electron chi connectivity index (χ4n) is 1.42. The number of anilines is 1. The number of hydrogen-bond acceptors (Lipinski definition) is 6. The van der Waals surface area contributed by atoms with E-state index in [4.69, 9.17) is 14.4 Å². The minimum Gasteiger partial charge on any atom is -0.477 e. The van der Waals surface area contributed by atoms with Gasteiger partial charge in [0.1, 0.15) is 12.3 Å². The van der Waals surface area contributed by atoms with Crippen molar-refractivity contribution in [3.05, 3.63) is 41.5 Å². The summed E-state index contributed by atoms with van der Waals surface area (Å²) in [4.78, 5) is 26.1. The van der Waals surface area contributed by atoms with Crippen molar-refractivity contribution in [1.82, 2.24) is 10.1 Å². The van der Waals surface area contributed by atoms with Crippen LogP contribution in [0.15, 0.2) is 28.9 Å². The van der Waals surface area contributed by atoms with Gasteiger partial charge in [-0.1, -0.05) is 5.16 Å². The van der Waals surface area contributed by atoms with Gasteiger partial charge < -0.3 is 19.7 Å². The number of amides is 1. The van der Waals surface area contributed by atoms with Gasteiger partial charge in [0, 0.05) is 13.2 Å². The zero-order chi connectivity index (χ0) is 14.5. The van der Waals surface area contributed by atoms with Crippen LogP contribution in [-0.2, 0) is 11.3 Å². The molecule has 8 nitrogen and oxygen atoms in total. The van der Waals surface area contributed by atoms with E-state index in [0.29, 0.717) is 11.4 Å². The highest BCUT2D eigenvalue weighted by atomic mass is 16.5. The highest BCUT2D eigenvalue weighted by Crippen LogP contribution is 2.10. The molecule has 2 heterocycles. The molecule has 0 atom stereocenters. The van der Waals surface area contributed by atoms with Crippen molar-refractivity contribution in [2.75, 3.05) is 12.4 Å². The topological polar surface area (TPSA) is 115 Å². The van der Waals surface area contributed by atoms with Gasteiger partial charge in [-0.25, -0.2) is 9.78 Å². The summed E-state index contributed by atoms with van der Waals surface area (Å²) in [5, 5.41) is 14.8. The lowest BCUT2D eigenvalue weighted by Crippen LogP contribution is -2.12. The van der Waals surface area contributed by atoms with Crippen LogP contribution in [0.3, 0.4) is 0 Å². The van der Waals surface area contributed by atoms with E-state index in [9.17, 15) is 9.59 Å². The predicted octanol–water partition coefficient (Wildman–Crippen LogP) is 1.17. The molecule has 104 valence electrons. The van der Waals surface area contributed by atoms with Crippen LogP contribution in [0, 0.1) is 0 Å². The van der Waals surface area contributed by atoms with Crippen molar-refractivity contribution in [1.29, 1.82) is 0 Å². The van der Waals surface area contributed by atoms with Crippen molar-refractivity contribution in [3.63, 3.8) is 0 Å². The molecular weight excluding hydrogens is 266 g/mol. The molecule has 8 heteroatoms. The highest BCUT2D eigenvalue weighted by molar-refractivity contribution is 6.02. The van der Waals surface area contributed by atoms with Gasteiger partial charge >= 0.3 is 5.97 Å². The predicted molar refractivity (Wildman–Crippen MR) is 66.4 cm³/mol. The van der Waals surface area contributed by atoms with Gasteiger partial charge in [0.05, 0.1) is 11.9 Å². The zero-order valence-corrected chi connectivity index (χ0v) is 10.5. The number of aromatic carboxylic acids is 1. The van der Waals surface area contributed by atoms with Crippen molar-refractivity contribution in [2.24, 2.45) is 0 Å². The fourth-order valence-corrected chi connectivity index (χ4v) is 1.42. The third-order valence-electron chi connectivity index (χ3n) is 2.32. The molecule has 2 rings (SSSR count). The van der Waals surface area contributed by atoms with Crippen LogP contribution >= 0.6 is 0 Å². The van der Waals surface area contributed by atoms with E-state index in [1.165, 1.54) is 31.5 Å². The monoisotopic (exact) mass is 277 g/mol. The van der Waals surface area contributed by atoms with Gasteiger partial charge in [0.25, 0.3) is 5.91 Å². The molecule has 0 saturated heterocycles. The average molecular weight is 277 g/mol. The van der Waals surface area contributed by atoms with E-state index >= 15 is 0 Å². The van der Waals surface area contributed by atoms with Crippen LogP contribution in [-0.4, -0.2) is 34.2 Å². The van der Waals surface area contributed by atoms with Crippen LogP contribution in [0.1, 0.15) is 26.7 Å². The number of ether oxygens (including phenoxy) is 1. The normalized spacial score (nSPS) is 10.2. The Balaban J connectivity index is 2.04. The van der Waals surface area contributed by atoms with E-state index in [0.717, 1.165) is 0 Å². The quantitative estimate of drug-likeness (QED) is 0.842. The van der Waals surface area contributed by atoms with Crippen molar-refractivity contribution in [2.45, 2.75) is 6.61 Å². The number of rotatable bonds is 5. The first-order valence-corrected chi connectivity index (χ1v) is 5.55. The molecule has 2 N–H and O–H groups in total. The second-order valence-corrected chi connectivity index (χ2v) is 3.80. The number of carbonyl (C=O) groups excluding carboxylic acids is 1. The number of hydrogen-bond donors (Lipinski definition) is 2. The Morgan fingerprint density at radius 1 is 1.40 bits per heavy atom. The number of carbonyl (C=O) groups is 2. The van der Waals surface area contributed by atoms with Crippen LogP contribution in [0.4, 0.5) is 5.69 Å². The summed E-state index contributed by atoms with van der Waals surface area (Å²) >= 11 is 0. The summed E-state index contributed by atoms with van der Waals surface area (Å²) in [6.07, 6.45) is 1.25. The number of carboxylic acids is 1. The second kappa shape index (κ2) is 5.93. The molecular formula is C12H11N3O5. The van der Waals surface area contributed by atoms with Gasteiger partial charge in [-0.2, -0.15) is 0 Å². The van der Waals surface area contributed by atoms with Crippen molar-refractivity contribution >= 4 is 17.6 Å². The third kappa shape index (κ3) is 3.18. The second-order valence-electron chi connectivity index (χ2n) is 3.80. The first kappa shape index (κ1) is 13.7. The van der Waals surface area contributed by atoms with Gasteiger partial charge in [-0.3, -0.25) is 4.79 Å². The maximum Gasteiger partial charge on any atom is 0.354 e. The van der Waals surface area contributed by atoms with Crippen molar-refractivity contribution in [3.8, 4) is 0 Å². The average Bonchev–Trinajstić information content (AvgIpc) is 2.88. The Morgan fingerprint density at radius 3 is 2.80 bits per heavy atom. The van der Waals surface area contributed by atoms with E-state index in [2.05, 4.69) is 15.5 Å². The molecule has 0 saturated carbocycles. The molecule has 0 bridgehead atoms. The van der Waals surface area contributed by atoms with E-state index in [1.807, 2.05) is 0 Å². The third-order valence-corrected chi connectivity index (χ3v) is 2.32. The largest absolute Gasteiger partial charge is 0.477 e. The van der Waals surface area contributed by atoms with Crippen LogP contribution in [0.2, 0.25) is 0 Å². The van der Waals surface area contributed by atoms with E-state index < -0.39 is 11.9 Å². The molecule has 0 aliphatic heterocycles. The number of pyridine rings is 1. The molecule has 0 spiro atoms. The fraction of sp³-hybridized carbons (Fsp3) is 0.167. The van der Waals surface area contributed by atoms with E-state index in [-0.39, 0.29) is 18.0 Å². The Labute approximate surface area is 113 Å². The smallest absolute Gasteiger partial charge is 0.354 e. The summed E-state index contributed by atoms with van der Waals surface area (Å²) in [6, 6.07) is 4.18. The molecule has 0 aliphatic rings. The maximum absolute atomic E-state index is 11.8. The van der Waals surface area contributed by atoms with Gasteiger partial charge in [0.2, 0.25) is 0 Å². The minimum atomic E-state index is -1.14. The molecule has 1 amide bonds. The van der Waals surface area contributed by atoms with Crippen molar-refractivity contribution < 1.29 is 24.0 Å². The van der Waals surface area contributed by atoms with Gasteiger partial charge in [-0.15, -0.1) is 0 Å². The lowest BCUT2D eigenvalue weighted by molar-refractivity contribution is 0.0690. The zero-order valence-electron chi connectivity index (χ0n) is 10.5. The van der Waals surface area contributed by atoms with Crippen LogP contribution < -0.4 is 5.32 Å². The Bertz CT molecular complexity index is 620. The van der Waals surface area contributed by atoms with Gasteiger partial charge in [0.15, 0.2) is 11.5 Å².